The average Bonchev–Trinajstić information content (AvgIpc) is 2.15. The topological polar surface area (TPSA) is 12.0 Å². The van der Waals surface area contributed by atoms with Gasteiger partial charge in [-0.2, -0.15) is 0 Å². The Morgan fingerprint density at radius 3 is 2.93 bits per heavy atom. The fourth-order valence-corrected chi connectivity index (χ4v) is 2.02. The molecule has 1 nitrogen and oxygen atoms in total. The maximum absolute atomic E-state index is 6.05. The molecule has 0 aromatic heterocycles. The lowest BCUT2D eigenvalue weighted by Gasteiger charge is -2.07. The maximum Gasteiger partial charge on any atom is 0.0648 e. The number of hydrogen-bond donors (Lipinski definition) is 1. The van der Waals surface area contributed by atoms with Gasteiger partial charge < -0.3 is 5.32 Å². The second-order valence-electron chi connectivity index (χ2n) is 2.98. The Morgan fingerprint density at radius 2 is 2.29 bits per heavy atom. The van der Waals surface area contributed by atoms with Crippen molar-refractivity contribution in [1.82, 2.24) is 0 Å². The van der Waals surface area contributed by atoms with Crippen molar-refractivity contribution in [3.8, 4) is 0 Å². The number of unbranched alkanes of at least 4 members (excludes halogenated alkanes) is 1. The third-order valence-electron chi connectivity index (χ3n) is 1.83. The van der Waals surface area contributed by atoms with E-state index in [2.05, 4.69) is 34.5 Å². The standard InChI is InChI=1S/C11H13ClIN/c1-2-3-4-7-14-11-6-5-9(13)8-10(11)12/h2,5-6,8,14H,1,3-4,7H2. The van der Waals surface area contributed by atoms with Crippen LogP contribution in [-0.4, -0.2) is 6.54 Å². The summed E-state index contributed by atoms with van der Waals surface area (Å²) in [6.45, 7) is 4.62. The smallest absolute Gasteiger partial charge is 0.0648 e. The van der Waals surface area contributed by atoms with Crippen LogP contribution in [0.15, 0.2) is 30.9 Å². The maximum atomic E-state index is 6.05. The van der Waals surface area contributed by atoms with Gasteiger partial charge in [-0.1, -0.05) is 17.7 Å². The van der Waals surface area contributed by atoms with Gasteiger partial charge >= 0.3 is 0 Å². The Hall–Kier alpha value is -0.220. The SMILES string of the molecule is C=CCCCNc1ccc(I)cc1Cl. The molecular formula is C11H13ClIN. The summed E-state index contributed by atoms with van der Waals surface area (Å²) in [5, 5.41) is 4.08. The number of nitrogens with one attached hydrogen (secondary N) is 1. The van der Waals surface area contributed by atoms with Crippen LogP contribution in [-0.2, 0) is 0 Å². The van der Waals surface area contributed by atoms with E-state index in [9.17, 15) is 0 Å². The Morgan fingerprint density at radius 1 is 1.50 bits per heavy atom. The van der Waals surface area contributed by atoms with Gasteiger partial charge in [-0.05, 0) is 53.6 Å². The molecule has 3 heteroatoms. The molecule has 0 bridgehead atoms. The van der Waals surface area contributed by atoms with Crippen molar-refractivity contribution >= 4 is 39.9 Å². The van der Waals surface area contributed by atoms with E-state index >= 15 is 0 Å². The minimum Gasteiger partial charge on any atom is -0.384 e. The summed E-state index contributed by atoms with van der Waals surface area (Å²) in [6.07, 6.45) is 4.05. The van der Waals surface area contributed by atoms with E-state index in [4.69, 9.17) is 11.6 Å². The Kier molecular flexibility index (Phi) is 5.33. The number of rotatable bonds is 5. The molecule has 1 rings (SSSR count). The van der Waals surface area contributed by atoms with Crippen LogP contribution in [0, 0.1) is 3.57 Å². The number of hydrogen-bond acceptors (Lipinski definition) is 1. The molecule has 76 valence electrons. The molecule has 0 amide bonds. The molecular weight excluding hydrogens is 308 g/mol. The molecule has 14 heavy (non-hydrogen) atoms. The zero-order valence-corrected chi connectivity index (χ0v) is 10.8. The quantitative estimate of drug-likeness (QED) is 0.484. The van der Waals surface area contributed by atoms with Gasteiger partial charge in [-0.25, -0.2) is 0 Å². The Labute approximate surface area is 104 Å². The minimum atomic E-state index is 0.788. The summed E-state index contributed by atoms with van der Waals surface area (Å²) in [6, 6.07) is 6.01. The number of halogens is 2. The summed E-state index contributed by atoms with van der Waals surface area (Å²) in [7, 11) is 0. The second-order valence-corrected chi connectivity index (χ2v) is 4.63. The van der Waals surface area contributed by atoms with Crippen molar-refractivity contribution in [3.05, 3.63) is 39.4 Å². The van der Waals surface area contributed by atoms with Crippen molar-refractivity contribution in [1.29, 1.82) is 0 Å². The first-order valence-corrected chi connectivity index (χ1v) is 5.99. The largest absolute Gasteiger partial charge is 0.384 e. The summed E-state index contributed by atoms with van der Waals surface area (Å²) in [4.78, 5) is 0. The van der Waals surface area contributed by atoms with Crippen LogP contribution >= 0.6 is 34.2 Å². The highest BCUT2D eigenvalue weighted by Gasteiger charge is 1.98. The molecule has 0 fully saturated rings. The average molecular weight is 322 g/mol. The number of allylic oxidation sites excluding steroid dienone is 1. The molecule has 0 heterocycles. The van der Waals surface area contributed by atoms with E-state index in [1.807, 2.05) is 24.3 Å². The normalized spacial score (nSPS) is 9.86. The molecule has 0 spiro atoms. The van der Waals surface area contributed by atoms with E-state index in [1.165, 1.54) is 0 Å². The summed E-state index contributed by atoms with van der Waals surface area (Å²) < 4.78 is 1.16. The van der Waals surface area contributed by atoms with Crippen molar-refractivity contribution in [2.24, 2.45) is 0 Å². The minimum absolute atomic E-state index is 0.788. The molecule has 0 atom stereocenters. The zero-order valence-electron chi connectivity index (χ0n) is 7.89. The fourth-order valence-electron chi connectivity index (χ4n) is 1.10. The molecule has 0 radical (unpaired) electrons. The monoisotopic (exact) mass is 321 g/mol. The van der Waals surface area contributed by atoms with Gasteiger partial charge in [0.1, 0.15) is 0 Å². The van der Waals surface area contributed by atoms with Gasteiger partial charge in [0.25, 0.3) is 0 Å². The van der Waals surface area contributed by atoms with E-state index in [-0.39, 0.29) is 0 Å². The van der Waals surface area contributed by atoms with Crippen molar-refractivity contribution in [2.75, 3.05) is 11.9 Å². The summed E-state index contributed by atoms with van der Waals surface area (Å²) >= 11 is 8.30. The highest BCUT2D eigenvalue weighted by molar-refractivity contribution is 14.1. The van der Waals surface area contributed by atoms with Gasteiger partial charge in [-0.15, -0.1) is 6.58 Å². The van der Waals surface area contributed by atoms with Crippen LogP contribution < -0.4 is 5.32 Å². The fraction of sp³-hybridized carbons (Fsp3) is 0.273. The third kappa shape index (κ3) is 3.88. The second kappa shape index (κ2) is 6.30. The van der Waals surface area contributed by atoms with Crippen LogP contribution in [0.3, 0.4) is 0 Å². The van der Waals surface area contributed by atoms with Crippen molar-refractivity contribution < 1.29 is 0 Å². The Balaban J connectivity index is 2.46. The van der Waals surface area contributed by atoms with Gasteiger partial charge in [0, 0.05) is 10.1 Å². The molecule has 0 unspecified atom stereocenters. The number of anilines is 1. The predicted molar refractivity (Wildman–Crippen MR) is 72.1 cm³/mol. The van der Waals surface area contributed by atoms with Crippen LogP contribution in [0.4, 0.5) is 5.69 Å². The van der Waals surface area contributed by atoms with Gasteiger partial charge in [0.15, 0.2) is 0 Å². The molecule has 0 aliphatic carbocycles. The first-order chi connectivity index (χ1) is 6.74. The van der Waals surface area contributed by atoms with Gasteiger partial charge in [0.2, 0.25) is 0 Å². The summed E-state index contributed by atoms with van der Waals surface area (Å²) in [5.74, 6) is 0. The lowest BCUT2D eigenvalue weighted by atomic mass is 10.3. The highest BCUT2D eigenvalue weighted by atomic mass is 127. The molecule has 0 aliphatic heterocycles. The van der Waals surface area contributed by atoms with E-state index < -0.39 is 0 Å². The van der Waals surface area contributed by atoms with Crippen LogP contribution in [0.25, 0.3) is 0 Å². The highest BCUT2D eigenvalue weighted by Crippen LogP contribution is 2.23. The van der Waals surface area contributed by atoms with Crippen LogP contribution in [0.1, 0.15) is 12.8 Å². The third-order valence-corrected chi connectivity index (χ3v) is 2.82. The molecule has 0 saturated heterocycles. The van der Waals surface area contributed by atoms with Crippen molar-refractivity contribution in [3.63, 3.8) is 0 Å². The summed E-state index contributed by atoms with van der Waals surface area (Å²) in [5.41, 5.74) is 1.01. The van der Waals surface area contributed by atoms with E-state index in [0.717, 1.165) is 33.7 Å². The van der Waals surface area contributed by atoms with Crippen molar-refractivity contribution in [2.45, 2.75) is 12.8 Å². The molecule has 0 aliphatic rings. The lowest BCUT2D eigenvalue weighted by molar-refractivity contribution is 0.891. The van der Waals surface area contributed by atoms with Crippen LogP contribution in [0.5, 0.6) is 0 Å². The molecule has 0 saturated carbocycles. The van der Waals surface area contributed by atoms with Gasteiger partial charge in [-0.3, -0.25) is 0 Å². The van der Waals surface area contributed by atoms with E-state index in [0.29, 0.717) is 0 Å². The molecule has 1 aromatic carbocycles. The number of benzene rings is 1. The predicted octanol–water partition coefficient (Wildman–Crippen LogP) is 4.32. The van der Waals surface area contributed by atoms with E-state index in [1.54, 1.807) is 0 Å². The lowest BCUT2D eigenvalue weighted by Crippen LogP contribution is -2.01. The first-order valence-electron chi connectivity index (χ1n) is 4.54. The molecule has 1 N–H and O–H groups in total. The molecule has 1 aromatic rings. The Bertz CT molecular complexity index is 312. The zero-order chi connectivity index (χ0) is 10.4. The van der Waals surface area contributed by atoms with Gasteiger partial charge in [0.05, 0.1) is 10.7 Å². The van der Waals surface area contributed by atoms with Crippen LogP contribution in [0.2, 0.25) is 5.02 Å². The first kappa shape index (κ1) is 11.9.